The van der Waals surface area contributed by atoms with Crippen molar-refractivity contribution in [3.05, 3.63) is 26.0 Å². The van der Waals surface area contributed by atoms with E-state index in [1.54, 1.807) is 19.9 Å². The Labute approximate surface area is 121 Å². The number of hydrogen-bond donors (Lipinski definition) is 3. The third-order valence-corrected chi connectivity index (χ3v) is 4.08. The van der Waals surface area contributed by atoms with E-state index in [0.29, 0.717) is 22.5 Å². The summed E-state index contributed by atoms with van der Waals surface area (Å²) in [5, 5.41) is 11.1. The van der Waals surface area contributed by atoms with Gasteiger partial charge in [0.25, 0.3) is 5.56 Å². The molecule has 6 nitrogen and oxygen atoms in total. The third-order valence-electron chi connectivity index (χ3n) is 2.46. The molecule has 0 bridgehead atoms. The Bertz CT molecular complexity index is 692. The number of fused-ring (bicyclic) bond motifs is 1. The van der Waals surface area contributed by atoms with E-state index in [4.69, 9.17) is 5.11 Å². The summed E-state index contributed by atoms with van der Waals surface area (Å²) in [6, 6.07) is 1.77. The zero-order valence-electron chi connectivity index (χ0n) is 10.3. The lowest BCUT2D eigenvalue weighted by atomic mass is 10.0. The lowest BCUT2D eigenvalue weighted by Crippen LogP contribution is -2.45. The fraction of sp³-hybridized carbons (Fsp3) is 0.364. The number of thiophene rings is 1. The van der Waals surface area contributed by atoms with Gasteiger partial charge in [0.05, 0.1) is 9.30 Å². The molecular weight excluding hydrogens is 334 g/mol. The van der Waals surface area contributed by atoms with Gasteiger partial charge in [-0.1, -0.05) is 0 Å². The fourth-order valence-corrected chi connectivity index (χ4v) is 3.22. The molecule has 0 atom stereocenters. The quantitative estimate of drug-likeness (QED) is 0.795. The van der Waals surface area contributed by atoms with Crippen molar-refractivity contribution in [2.75, 3.05) is 0 Å². The largest absolute Gasteiger partial charge is 0.465 e. The highest BCUT2D eigenvalue weighted by Gasteiger charge is 2.22. The molecule has 0 aliphatic rings. The highest BCUT2D eigenvalue weighted by Crippen LogP contribution is 2.25. The molecule has 0 aromatic carbocycles. The van der Waals surface area contributed by atoms with Gasteiger partial charge < -0.3 is 15.4 Å². The Kier molecular flexibility index (Phi) is 3.64. The minimum Gasteiger partial charge on any atom is -0.465 e. The number of carbonyl (C=O) groups is 1. The van der Waals surface area contributed by atoms with Gasteiger partial charge in [-0.25, -0.2) is 9.78 Å². The number of H-pyrrole nitrogens is 1. The fourth-order valence-electron chi connectivity index (χ4n) is 1.80. The van der Waals surface area contributed by atoms with Crippen molar-refractivity contribution in [3.63, 3.8) is 0 Å². The molecule has 2 aromatic heterocycles. The monoisotopic (exact) mass is 345 g/mol. The summed E-state index contributed by atoms with van der Waals surface area (Å²) in [4.78, 5) is 29.6. The summed E-state index contributed by atoms with van der Waals surface area (Å²) in [6.45, 7) is 3.46. The number of halogens is 1. The summed E-state index contributed by atoms with van der Waals surface area (Å²) in [5.41, 5.74) is -0.300. The molecule has 0 unspecified atom stereocenters. The summed E-state index contributed by atoms with van der Waals surface area (Å²) >= 11 is 4.63. The van der Waals surface area contributed by atoms with Crippen LogP contribution in [0.25, 0.3) is 10.2 Å². The summed E-state index contributed by atoms with van der Waals surface area (Å²) in [6.07, 6.45) is -0.801. The van der Waals surface area contributed by atoms with Gasteiger partial charge in [-0.3, -0.25) is 4.79 Å². The number of carboxylic acid groups (broad SMARTS) is 1. The van der Waals surface area contributed by atoms with E-state index < -0.39 is 11.6 Å². The van der Waals surface area contributed by atoms with Gasteiger partial charge in [-0.05, 0) is 35.8 Å². The first-order valence-corrected chi connectivity index (χ1v) is 7.07. The van der Waals surface area contributed by atoms with E-state index in [-0.39, 0.29) is 5.56 Å². The Morgan fingerprint density at radius 1 is 1.63 bits per heavy atom. The van der Waals surface area contributed by atoms with E-state index in [0.717, 1.165) is 3.79 Å². The second-order valence-corrected chi connectivity index (χ2v) is 7.20. The summed E-state index contributed by atoms with van der Waals surface area (Å²) in [7, 11) is 0. The van der Waals surface area contributed by atoms with E-state index in [1.165, 1.54) is 11.3 Å². The van der Waals surface area contributed by atoms with Gasteiger partial charge in [0.15, 0.2) is 0 Å². The molecule has 19 heavy (non-hydrogen) atoms. The van der Waals surface area contributed by atoms with Crippen molar-refractivity contribution in [2.24, 2.45) is 0 Å². The zero-order chi connectivity index (χ0) is 14.2. The topological polar surface area (TPSA) is 95.1 Å². The van der Waals surface area contributed by atoms with Crippen LogP contribution >= 0.6 is 27.3 Å². The minimum atomic E-state index is -1.10. The molecule has 102 valence electrons. The molecule has 3 N–H and O–H groups in total. The van der Waals surface area contributed by atoms with Crippen LogP contribution in [0.5, 0.6) is 0 Å². The van der Waals surface area contributed by atoms with Crippen LogP contribution in [-0.4, -0.2) is 26.7 Å². The number of aromatic nitrogens is 2. The molecule has 0 radical (unpaired) electrons. The van der Waals surface area contributed by atoms with Crippen LogP contribution in [0.4, 0.5) is 4.79 Å². The molecule has 8 heteroatoms. The predicted molar refractivity (Wildman–Crippen MR) is 76.9 cm³/mol. The van der Waals surface area contributed by atoms with Crippen LogP contribution in [0.1, 0.15) is 19.7 Å². The average Bonchev–Trinajstić information content (AvgIpc) is 2.55. The SMILES string of the molecule is CC(C)(Cc1nc2cc(Br)sc2c(=O)[nH]1)NC(=O)O. The first-order valence-electron chi connectivity index (χ1n) is 5.46. The lowest BCUT2D eigenvalue weighted by Gasteiger charge is -2.23. The molecule has 0 aliphatic heterocycles. The smallest absolute Gasteiger partial charge is 0.405 e. The molecule has 0 saturated carbocycles. The molecule has 2 rings (SSSR count). The predicted octanol–water partition coefficient (Wildman–Crippen LogP) is 2.34. The van der Waals surface area contributed by atoms with Crippen molar-refractivity contribution < 1.29 is 9.90 Å². The molecule has 0 aliphatic carbocycles. The van der Waals surface area contributed by atoms with Gasteiger partial charge in [0.2, 0.25) is 0 Å². The Morgan fingerprint density at radius 3 is 2.95 bits per heavy atom. The lowest BCUT2D eigenvalue weighted by molar-refractivity contribution is 0.182. The maximum absolute atomic E-state index is 11.9. The molecule has 0 fully saturated rings. The molecule has 0 spiro atoms. The van der Waals surface area contributed by atoms with Crippen LogP contribution in [0, 0.1) is 0 Å². The van der Waals surface area contributed by atoms with Gasteiger partial charge in [0, 0.05) is 12.0 Å². The molecule has 1 amide bonds. The maximum Gasteiger partial charge on any atom is 0.405 e. The highest BCUT2D eigenvalue weighted by molar-refractivity contribution is 9.11. The van der Waals surface area contributed by atoms with Gasteiger partial charge in [0.1, 0.15) is 10.5 Å². The number of nitrogens with zero attached hydrogens (tertiary/aromatic N) is 1. The first-order chi connectivity index (χ1) is 8.77. The second-order valence-electron chi connectivity index (χ2n) is 4.77. The second kappa shape index (κ2) is 4.93. The van der Waals surface area contributed by atoms with E-state index in [1.807, 2.05) is 0 Å². The number of nitrogens with one attached hydrogen (secondary N) is 2. The summed E-state index contributed by atoms with van der Waals surface area (Å²) < 4.78 is 1.39. The number of hydrogen-bond acceptors (Lipinski definition) is 4. The Balaban J connectivity index is 2.36. The normalized spacial score (nSPS) is 11.7. The zero-order valence-corrected chi connectivity index (χ0v) is 12.7. The standard InChI is InChI=1S/C11H12BrN3O3S/c1-11(2,15-10(17)18)4-7-13-5-3-6(12)19-8(5)9(16)14-7/h3,15H,4H2,1-2H3,(H,17,18)(H,13,14,16). The average molecular weight is 346 g/mol. The van der Waals surface area contributed by atoms with Crippen LogP contribution < -0.4 is 10.9 Å². The number of aromatic amines is 1. The van der Waals surface area contributed by atoms with Crippen molar-refractivity contribution >= 4 is 43.6 Å². The molecule has 2 heterocycles. The van der Waals surface area contributed by atoms with E-state index in [2.05, 4.69) is 31.2 Å². The minimum absolute atomic E-state index is 0.207. The van der Waals surface area contributed by atoms with Crippen LogP contribution in [-0.2, 0) is 6.42 Å². The van der Waals surface area contributed by atoms with Crippen LogP contribution in [0.3, 0.4) is 0 Å². The molecule has 0 saturated heterocycles. The van der Waals surface area contributed by atoms with Crippen molar-refractivity contribution in [2.45, 2.75) is 25.8 Å². The first kappa shape index (κ1) is 14.0. The van der Waals surface area contributed by atoms with Crippen molar-refractivity contribution in [1.29, 1.82) is 0 Å². The molecular formula is C11H12BrN3O3S. The van der Waals surface area contributed by atoms with Crippen molar-refractivity contribution in [1.82, 2.24) is 15.3 Å². The summed E-state index contributed by atoms with van der Waals surface area (Å²) in [5.74, 6) is 0.460. The molecule has 2 aromatic rings. The van der Waals surface area contributed by atoms with Crippen molar-refractivity contribution in [3.8, 4) is 0 Å². The van der Waals surface area contributed by atoms with Gasteiger partial charge >= 0.3 is 6.09 Å². The number of amides is 1. The highest BCUT2D eigenvalue weighted by atomic mass is 79.9. The Hall–Kier alpha value is -1.41. The van der Waals surface area contributed by atoms with E-state index >= 15 is 0 Å². The van der Waals surface area contributed by atoms with E-state index in [9.17, 15) is 9.59 Å². The number of rotatable bonds is 3. The third kappa shape index (κ3) is 3.32. The van der Waals surface area contributed by atoms with Crippen LogP contribution in [0.2, 0.25) is 0 Å². The van der Waals surface area contributed by atoms with Crippen LogP contribution in [0.15, 0.2) is 14.6 Å². The van der Waals surface area contributed by atoms with Gasteiger partial charge in [-0.2, -0.15) is 0 Å². The van der Waals surface area contributed by atoms with Gasteiger partial charge in [-0.15, -0.1) is 11.3 Å². The Morgan fingerprint density at radius 2 is 2.32 bits per heavy atom. The maximum atomic E-state index is 11.9.